The Morgan fingerprint density at radius 3 is 2.50 bits per heavy atom. The van der Waals surface area contributed by atoms with Crippen LogP contribution in [0.2, 0.25) is 0 Å². The number of carbonyl (C=O) groups is 1. The molecule has 0 saturated carbocycles. The lowest BCUT2D eigenvalue weighted by Gasteiger charge is -2.05. The number of allylic oxidation sites excluding steroid dienone is 1. The number of carbonyl (C=O) groups excluding carboxylic acids is 1. The summed E-state index contributed by atoms with van der Waals surface area (Å²) in [6, 6.07) is 16.3. The molecule has 122 valence electrons. The first-order valence-corrected chi connectivity index (χ1v) is 7.22. The molecular weight excluding hydrogens is 306 g/mol. The summed E-state index contributed by atoms with van der Waals surface area (Å²) in [6.07, 6.45) is 1.73. The van der Waals surface area contributed by atoms with Crippen molar-refractivity contribution in [3.05, 3.63) is 59.7 Å². The molecule has 2 rings (SSSR count). The third-order valence-electron chi connectivity index (χ3n) is 3.18. The quantitative estimate of drug-likeness (QED) is 0.353. The first-order chi connectivity index (χ1) is 11.7. The molecule has 0 fully saturated rings. The fourth-order valence-corrected chi connectivity index (χ4v) is 2.06. The highest BCUT2D eigenvalue weighted by Gasteiger charge is 2.06. The summed E-state index contributed by atoms with van der Waals surface area (Å²) in [5.41, 5.74) is 2.03. The van der Waals surface area contributed by atoms with Gasteiger partial charge in [-0.05, 0) is 53.6 Å². The van der Waals surface area contributed by atoms with E-state index in [-0.39, 0.29) is 6.61 Å². The maximum Gasteiger partial charge on any atom is 0.337 e. The van der Waals surface area contributed by atoms with Gasteiger partial charge in [-0.1, -0.05) is 12.1 Å². The van der Waals surface area contributed by atoms with Crippen LogP contribution in [0.5, 0.6) is 11.5 Å². The zero-order valence-corrected chi connectivity index (χ0v) is 13.5. The Balaban J connectivity index is 2.24. The lowest BCUT2D eigenvalue weighted by Crippen LogP contribution is -2.14. The molecule has 0 spiro atoms. The van der Waals surface area contributed by atoms with Crippen molar-refractivity contribution in [3.63, 3.8) is 0 Å². The summed E-state index contributed by atoms with van der Waals surface area (Å²) >= 11 is 0. The minimum absolute atomic E-state index is 0.116. The second-order valence-corrected chi connectivity index (χ2v) is 4.88. The van der Waals surface area contributed by atoms with Crippen LogP contribution >= 0.6 is 0 Å². The summed E-state index contributed by atoms with van der Waals surface area (Å²) in [5, 5.41) is 9.40. The van der Waals surface area contributed by atoms with Gasteiger partial charge in [0, 0.05) is 7.11 Å². The average molecular weight is 323 g/mol. The van der Waals surface area contributed by atoms with Crippen molar-refractivity contribution < 1.29 is 19.0 Å². The Kier molecular flexibility index (Phi) is 6.12. The smallest absolute Gasteiger partial charge is 0.337 e. The molecule has 0 unspecified atom stereocenters. The number of nitriles is 1. The predicted molar refractivity (Wildman–Crippen MR) is 90.4 cm³/mol. The lowest BCUT2D eigenvalue weighted by atomic mass is 10.0. The van der Waals surface area contributed by atoms with Crippen molar-refractivity contribution >= 4 is 17.6 Å². The molecule has 2 aromatic rings. The summed E-state index contributed by atoms with van der Waals surface area (Å²) in [7, 11) is 3.01. The molecule has 24 heavy (non-hydrogen) atoms. The average Bonchev–Trinajstić information content (AvgIpc) is 2.60. The zero-order chi connectivity index (χ0) is 17.4. The lowest BCUT2D eigenvalue weighted by molar-refractivity contribution is -0.138. The standard InChI is InChI=1S/C19H17NO4/c1-22-13-19(21)24-18-5-3-4-14(11-18)10-16(12-20)15-6-8-17(23-2)9-7-15/h3-11H,13H2,1-2H3/b16-10-. The zero-order valence-electron chi connectivity index (χ0n) is 13.5. The van der Waals surface area contributed by atoms with E-state index in [0.29, 0.717) is 11.3 Å². The largest absolute Gasteiger partial charge is 0.497 e. The second kappa shape index (κ2) is 8.51. The molecule has 5 heteroatoms. The van der Waals surface area contributed by atoms with Gasteiger partial charge in [-0.2, -0.15) is 5.26 Å². The van der Waals surface area contributed by atoms with Crippen LogP contribution in [0.3, 0.4) is 0 Å². The van der Waals surface area contributed by atoms with Gasteiger partial charge in [-0.3, -0.25) is 0 Å². The third-order valence-corrected chi connectivity index (χ3v) is 3.18. The van der Waals surface area contributed by atoms with Crippen LogP contribution in [0, 0.1) is 11.3 Å². The summed E-state index contributed by atoms with van der Waals surface area (Å²) in [4.78, 5) is 11.5. The fraction of sp³-hybridized carbons (Fsp3) is 0.158. The number of hydrogen-bond donors (Lipinski definition) is 0. The van der Waals surface area contributed by atoms with Crippen LogP contribution in [-0.4, -0.2) is 26.8 Å². The molecule has 0 aliphatic carbocycles. The highest BCUT2D eigenvalue weighted by Crippen LogP contribution is 2.22. The van der Waals surface area contributed by atoms with Crippen LogP contribution in [0.4, 0.5) is 0 Å². The molecule has 0 bridgehead atoms. The molecule has 0 aliphatic rings. The van der Waals surface area contributed by atoms with Gasteiger partial charge in [0.25, 0.3) is 0 Å². The van der Waals surface area contributed by atoms with Crippen LogP contribution in [0.15, 0.2) is 48.5 Å². The monoisotopic (exact) mass is 323 g/mol. The van der Waals surface area contributed by atoms with Crippen molar-refractivity contribution in [1.82, 2.24) is 0 Å². The predicted octanol–water partition coefficient (Wildman–Crippen LogP) is 3.31. The van der Waals surface area contributed by atoms with E-state index in [2.05, 4.69) is 6.07 Å². The number of ether oxygens (including phenoxy) is 3. The topological polar surface area (TPSA) is 68.5 Å². The summed E-state index contributed by atoms with van der Waals surface area (Å²) < 4.78 is 15.0. The molecule has 0 saturated heterocycles. The maximum atomic E-state index is 11.5. The van der Waals surface area contributed by atoms with Crippen LogP contribution in [0.1, 0.15) is 11.1 Å². The van der Waals surface area contributed by atoms with Gasteiger partial charge in [0.1, 0.15) is 18.1 Å². The van der Waals surface area contributed by atoms with Gasteiger partial charge < -0.3 is 14.2 Å². The Bertz CT molecular complexity index is 773. The SMILES string of the molecule is COCC(=O)Oc1cccc(/C=C(/C#N)c2ccc(OC)cc2)c1. The first-order valence-electron chi connectivity index (χ1n) is 7.22. The molecular formula is C19H17NO4. The van der Waals surface area contributed by atoms with Crippen molar-refractivity contribution in [2.24, 2.45) is 0 Å². The van der Waals surface area contributed by atoms with Crippen molar-refractivity contribution in [3.8, 4) is 17.6 Å². The van der Waals surface area contributed by atoms with Gasteiger partial charge >= 0.3 is 5.97 Å². The molecule has 0 aromatic heterocycles. The van der Waals surface area contributed by atoms with E-state index in [1.165, 1.54) is 7.11 Å². The van der Waals surface area contributed by atoms with Gasteiger partial charge in [-0.25, -0.2) is 4.79 Å². The molecule has 0 atom stereocenters. The van der Waals surface area contributed by atoms with E-state index in [0.717, 1.165) is 16.9 Å². The molecule has 0 heterocycles. The Morgan fingerprint density at radius 2 is 1.88 bits per heavy atom. The number of rotatable bonds is 6. The van der Waals surface area contributed by atoms with E-state index in [9.17, 15) is 10.1 Å². The van der Waals surface area contributed by atoms with Gasteiger partial charge in [0.2, 0.25) is 0 Å². The normalized spacial score (nSPS) is 10.8. The highest BCUT2D eigenvalue weighted by molar-refractivity contribution is 5.89. The molecule has 0 aliphatic heterocycles. The molecule has 0 N–H and O–H groups in total. The third kappa shape index (κ3) is 4.70. The van der Waals surface area contributed by atoms with E-state index in [1.54, 1.807) is 43.5 Å². The highest BCUT2D eigenvalue weighted by atomic mass is 16.6. The molecule has 5 nitrogen and oxygen atoms in total. The van der Waals surface area contributed by atoms with E-state index >= 15 is 0 Å². The molecule has 2 aromatic carbocycles. The molecule has 0 amide bonds. The number of nitrogens with zero attached hydrogens (tertiary/aromatic N) is 1. The van der Waals surface area contributed by atoms with Crippen molar-refractivity contribution in [2.45, 2.75) is 0 Å². The number of benzene rings is 2. The van der Waals surface area contributed by atoms with E-state index < -0.39 is 5.97 Å². The van der Waals surface area contributed by atoms with Gasteiger partial charge in [-0.15, -0.1) is 0 Å². The van der Waals surface area contributed by atoms with Crippen molar-refractivity contribution in [2.75, 3.05) is 20.8 Å². The second-order valence-electron chi connectivity index (χ2n) is 4.88. The minimum Gasteiger partial charge on any atom is -0.497 e. The molecule has 0 radical (unpaired) electrons. The number of hydrogen-bond acceptors (Lipinski definition) is 5. The Morgan fingerprint density at radius 1 is 1.12 bits per heavy atom. The Hall–Kier alpha value is -3.10. The Labute approximate surface area is 140 Å². The van der Waals surface area contributed by atoms with Gasteiger partial charge in [0.15, 0.2) is 0 Å². The summed E-state index contributed by atoms with van der Waals surface area (Å²) in [6.45, 7) is -0.116. The maximum absolute atomic E-state index is 11.5. The van der Waals surface area contributed by atoms with Crippen LogP contribution in [0.25, 0.3) is 11.6 Å². The van der Waals surface area contributed by atoms with Crippen LogP contribution < -0.4 is 9.47 Å². The van der Waals surface area contributed by atoms with Crippen molar-refractivity contribution in [1.29, 1.82) is 5.26 Å². The number of esters is 1. The first kappa shape index (κ1) is 17.3. The van der Waals surface area contributed by atoms with E-state index in [1.807, 2.05) is 18.2 Å². The van der Waals surface area contributed by atoms with Gasteiger partial charge in [0.05, 0.1) is 18.8 Å². The minimum atomic E-state index is -0.478. The fourth-order valence-electron chi connectivity index (χ4n) is 2.06. The van der Waals surface area contributed by atoms with E-state index in [4.69, 9.17) is 14.2 Å². The number of methoxy groups -OCH3 is 2. The van der Waals surface area contributed by atoms with Crippen LogP contribution in [-0.2, 0) is 9.53 Å². The summed E-state index contributed by atoms with van der Waals surface area (Å²) in [5.74, 6) is 0.648.